The Morgan fingerprint density at radius 3 is 2.68 bits per heavy atom. The lowest BCUT2D eigenvalue weighted by Gasteiger charge is -2.32. The number of nitrogens with one attached hydrogen (secondary N) is 1. The van der Waals surface area contributed by atoms with E-state index >= 15 is 0 Å². The maximum Gasteiger partial charge on any atom is 0.230 e. The van der Waals surface area contributed by atoms with Gasteiger partial charge in [0.05, 0.1) is 24.6 Å². The van der Waals surface area contributed by atoms with Gasteiger partial charge in [0.2, 0.25) is 5.88 Å². The number of nitrogens with zero attached hydrogens (tertiary/aromatic N) is 4. The first-order chi connectivity index (χ1) is 16.6. The van der Waals surface area contributed by atoms with Crippen LogP contribution in [0.1, 0.15) is 6.42 Å². The molecule has 5 rings (SSSR count). The Kier molecular flexibility index (Phi) is 6.46. The molecule has 0 atom stereocenters. The summed E-state index contributed by atoms with van der Waals surface area (Å²) in [4.78, 5) is 16.4. The average Bonchev–Trinajstić information content (AvgIpc) is 3.34. The van der Waals surface area contributed by atoms with Gasteiger partial charge in [0.15, 0.2) is 23.1 Å². The highest BCUT2D eigenvalue weighted by molar-refractivity contribution is 5.87. The van der Waals surface area contributed by atoms with Crippen LogP contribution in [0.2, 0.25) is 0 Å². The first-order valence-corrected chi connectivity index (χ1v) is 11.4. The van der Waals surface area contributed by atoms with E-state index in [0.29, 0.717) is 39.9 Å². The zero-order chi connectivity index (χ0) is 23.5. The van der Waals surface area contributed by atoms with Crippen LogP contribution >= 0.6 is 0 Å². The lowest BCUT2D eigenvalue weighted by atomic mass is 10.2. The minimum absolute atomic E-state index is 0.0929. The molecule has 0 radical (unpaired) electrons. The molecular weight excluding hydrogens is 437 g/mol. The van der Waals surface area contributed by atoms with E-state index in [4.69, 9.17) is 14.2 Å². The van der Waals surface area contributed by atoms with E-state index in [2.05, 4.69) is 31.8 Å². The topological polar surface area (TPSA) is 75.7 Å². The van der Waals surface area contributed by atoms with Crippen LogP contribution in [-0.2, 0) is 0 Å². The van der Waals surface area contributed by atoms with Gasteiger partial charge in [0, 0.05) is 55.9 Å². The Morgan fingerprint density at radius 2 is 1.85 bits per heavy atom. The molecule has 1 fully saturated rings. The highest BCUT2D eigenvalue weighted by Crippen LogP contribution is 2.37. The Labute approximate surface area is 197 Å². The third-order valence-corrected chi connectivity index (χ3v) is 6.20. The Morgan fingerprint density at radius 1 is 1.00 bits per heavy atom. The Hall–Kier alpha value is -3.43. The summed E-state index contributed by atoms with van der Waals surface area (Å²) in [6.45, 7) is 5.96. The number of halogens is 1. The molecule has 0 saturated carbocycles. The zero-order valence-corrected chi connectivity index (χ0v) is 19.4. The summed E-state index contributed by atoms with van der Waals surface area (Å²) in [6.07, 6.45) is 4.01. The van der Waals surface area contributed by atoms with E-state index in [-0.39, 0.29) is 11.6 Å². The standard InChI is InChI=1S/C25H28FN5O3/c1-30-9-11-31(12-10-30)8-3-13-33-23-15-20-18(14-22(23)32-2)25(29-16-28-20)34-21-5-4-19-17(24(21)26)6-7-27-19/h4-7,14-16,27H,3,8-13H2,1-2H3. The van der Waals surface area contributed by atoms with Gasteiger partial charge >= 0.3 is 0 Å². The van der Waals surface area contributed by atoms with Gasteiger partial charge in [-0.1, -0.05) is 0 Å². The van der Waals surface area contributed by atoms with Gasteiger partial charge in [-0.25, -0.2) is 14.4 Å². The van der Waals surface area contributed by atoms with Crippen LogP contribution in [0.5, 0.6) is 23.1 Å². The van der Waals surface area contributed by atoms with Crippen molar-refractivity contribution in [1.29, 1.82) is 0 Å². The number of H-pyrrole nitrogens is 1. The number of piperazine rings is 1. The molecule has 178 valence electrons. The fraction of sp³-hybridized carbons (Fsp3) is 0.360. The molecule has 0 aliphatic carbocycles. The molecule has 9 heteroatoms. The van der Waals surface area contributed by atoms with Gasteiger partial charge in [-0.15, -0.1) is 0 Å². The molecule has 0 unspecified atom stereocenters. The first-order valence-electron chi connectivity index (χ1n) is 11.4. The van der Waals surface area contributed by atoms with E-state index < -0.39 is 5.82 Å². The van der Waals surface area contributed by atoms with Crippen LogP contribution in [-0.4, -0.2) is 78.2 Å². The molecule has 2 aromatic carbocycles. The van der Waals surface area contributed by atoms with Gasteiger partial charge < -0.3 is 29.0 Å². The van der Waals surface area contributed by atoms with E-state index in [1.807, 2.05) is 6.07 Å². The lowest BCUT2D eigenvalue weighted by molar-refractivity contribution is 0.145. The molecule has 4 aromatic rings. The summed E-state index contributed by atoms with van der Waals surface area (Å²) < 4.78 is 32.3. The molecule has 2 aromatic heterocycles. The number of hydrogen-bond donors (Lipinski definition) is 1. The van der Waals surface area contributed by atoms with Crippen molar-refractivity contribution in [2.24, 2.45) is 0 Å². The molecule has 1 aliphatic heterocycles. The summed E-state index contributed by atoms with van der Waals surface area (Å²) >= 11 is 0. The predicted octanol–water partition coefficient (Wildman–Crippen LogP) is 4.07. The smallest absolute Gasteiger partial charge is 0.230 e. The summed E-state index contributed by atoms with van der Waals surface area (Å²) in [6, 6.07) is 8.60. The van der Waals surface area contributed by atoms with Crippen LogP contribution in [0.25, 0.3) is 21.8 Å². The van der Waals surface area contributed by atoms with Crippen LogP contribution in [0.4, 0.5) is 4.39 Å². The fourth-order valence-electron chi connectivity index (χ4n) is 4.20. The number of benzene rings is 2. The SMILES string of the molecule is COc1cc2c(Oc3ccc4[nH]ccc4c3F)ncnc2cc1OCCCN1CCN(C)CC1. The molecule has 1 saturated heterocycles. The van der Waals surface area contributed by atoms with E-state index in [1.165, 1.54) is 6.33 Å². The van der Waals surface area contributed by atoms with Gasteiger partial charge in [0.1, 0.15) is 6.33 Å². The largest absolute Gasteiger partial charge is 0.493 e. The molecule has 1 N–H and O–H groups in total. The Balaban J connectivity index is 1.31. The van der Waals surface area contributed by atoms with Crippen molar-refractivity contribution >= 4 is 21.8 Å². The molecule has 3 heterocycles. The molecule has 1 aliphatic rings. The van der Waals surface area contributed by atoms with Crippen molar-refractivity contribution in [3.05, 3.63) is 48.7 Å². The van der Waals surface area contributed by atoms with Gasteiger partial charge in [0.25, 0.3) is 0 Å². The van der Waals surface area contributed by atoms with Crippen LogP contribution in [0.15, 0.2) is 42.9 Å². The van der Waals surface area contributed by atoms with Gasteiger partial charge in [-0.05, 0) is 37.7 Å². The minimum Gasteiger partial charge on any atom is -0.493 e. The molecule has 8 nitrogen and oxygen atoms in total. The molecule has 0 bridgehead atoms. The second-order valence-electron chi connectivity index (χ2n) is 8.46. The highest BCUT2D eigenvalue weighted by atomic mass is 19.1. The maximum absolute atomic E-state index is 14.9. The number of aromatic nitrogens is 3. The maximum atomic E-state index is 14.9. The number of aromatic amines is 1. The van der Waals surface area contributed by atoms with Crippen molar-refractivity contribution in [1.82, 2.24) is 24.8 Å². The van der Waals surface area contributed by atoms with Crippen LogP contribution in [0, 0.1) is 5.82 Å². The van der Waals surface area contributed by atoms with Gasteiger partial charge in [-0.3, -0.25) is 0 Å². The summed E-state index contributed by atoms with van der Waals surface area (Å²) in [5.74, 6) is 1.05. The van der Waals surface area contributed by atoms with Crippen LogP contribution in [0.3, 0.4) is 0 Å². The summed E-state index contributed by atoms with van der Waals surface area (Å²) in [7, 11) is 3.74. The van der Waals surface area contributed by atoms with Crippen LogP contribution < -0.4 is 14.2 Å². The normalized spacial score (nSPS) is 15.1. The highest BCUT2D eigenvalue weighted by Gasteiger charge is 2.17. The second-order valence-corrected chi connectivity index (χ2v) is 8.46. The van der Waals surface area contributed by atoms with Crippen molar-refractivity contribution in [3.8, 4) is 23.1 Å². The number of ether oxygens (including phenoxy) is 3. The van der Waals surface area contributed by atoms with Gasteiger partial charge in [-0.2, -0.15) is 0 Å². The number of methoxy groups -OCH3 is 1. The van der Waals surface area contributed by atoms with Crippen molar-refractivity contribution < 1.29 is 18.6 Å². The zero-order valence-electron chi connectivity index (χ0n) is 19.4. The number of likely N-dealkylation sites (N-methyl/N-ethyl adjacent to an activating group) is 1. The summed E-state index contributed by atoms with van der Waals surface area (Å²) in [5, 5.41) is 1.07. The van der Waals surface area contributed by atoms with E-state index in [1.54, 1.807) is 37.6 Å². The van der Waals surface area contributed by atoms with E-state index in [0.717, 1.165) is 39.1 Å². The molecule has 0 spiro atoms. The van der Waals surface area contributed by atoms with E-state index in [9.17, 15) is 4.39 Å². The average molecular weight is 466 g/mol. The molecule has 34 heavy (non-hydrogen) atoms. The molecule has 0 amide bonds. The quantitative estimate of drug-likeness (QED) is 0.393. The second kappa shape index (κ2) is 9.82. The summed E-state index contributed by atoms with van der Waals surface area (Å²) in [5.41, 5.74) is 1.33. The van der Waals surface area contributed by atoms with Crippen molar-refractivity contribution in [2.45, 2.75) is 6.42 Å². The van der Waals surface area contributed by atoms with Crippen molar-refractivity contribution in [2.75, 3.05) is 53.5 Å². The predicted molar refractivity (Wildman–Crippen MR) is 128 cm³/mol. The third kappa shape index (κ3) is 4.62. The first kappa shape index (κ1) is 22.4. The Bertz CT molecular complexity index is 1290. The number of fused-ring (bicyclic) bond motifs is 2. The monoisotopic (exact) mass is 465 g/mol. The lowest BCUT2D eigenvalue weighted by Crippen LogP contribution is -2.44. The van der Waals surface area contributed by atoms with Crippen molar-refractivity contribution in [3.63, 3.8) is 0 Å². The fourth-order valence-corrected chi connectivity index (χ4v) is 4.20. The minimum atomic E-state index is -0.446. The third-order valence-electron chi connectivity index (χ3n) is 6.20. The number of hydrogen-bond acceptors (Lipinski definition) is 7. The molecular formula is C25H28FN5O3. The number of rotatable bonds is 8.